The highest BCUT2D eigenvalue weighted by Crippen LogP contribution is 2.17. The van der Waals surface area contributed by atoms with Crippen molar-refractivity contribution in [3.63, 3.8) is 0 Å². The van der Waals surface area contributed by atoms with Crippen LogP contribution in [0.3, 0.4) is 0 Å². The summed E-state index contributed by atoms with van der Waals surface area (Å²) in [5.41, 5.74) is 2.78. The molecule has 0 saturated carbocycles. The summed E-state index contributed by atoms with van der Waals surface area (Å²) in [6.45, 7) is 3.01. The number of benzene rings is 1. The van der Waals surface area contributed by atoms with Crippen LogP contribution in [0.4, 0.5) is 4.79 Å². The van der Waals surface area contributed by atoms with Crippen LogP contribution >= 0.6 is 11.6 Å². The summed E-state index contributed by atoms with van der Waals surface area (Å²) in [6.07, 6.45) is 0. The summed E-state index contributed by atoms with van der Waals surface area (Å²) in [7, 11) is 3.94. The molecule has 1 heterocycles. The van der Waals surface area contributed by atoms with Gasteiger partial charge in [-0.15, -0.1) is 0 Å². The van der Waals surface area contributed by atoms with Gasteiger partial charge in [-0.05, 0) is 50.8 Å². The second-order valence-electron chi connectivity index (χ2n) is 5.96. The van der Waals surface area contributed by atoms with Gasteiger partial charge in [-0.25, -0.2) is 4.79 Å². The zero-order valence-corrected chi connectivity index (χ0v) is 15.0. The van der Waals surface area contributed by atoms with Crippen LogP contribution in [0.1, 0.15) is 23.0 Å². The molecule has 0 aliphatic heterocycles. The van der Waals surface area contributed by atoms with Crippen molar-refractivity contribution in [2.24, 2.45) is 0 Å². The molecule has 128 valence electrons. The van der Waals surface area contributed by atoms with Crippen LogP contribution in [0.25, 0.3) is 0 Å². The van der Waals surface area contributed by atoms with E-state index in [-0.39, 0.29) is 12.1 Å². The van der Waals surface area contributed by atoms with Crippen molar-refractivity contribution in [2.45, 2.75) is 19.5 Å². The number of urea groups is 1. The molecule has 0 saturated heterocycles. The van der Waals surface area contributed by atoms with E-state index in [1.807, 2.05) is 68.4 Å². The van der Waals surface area contributed by atoms with Crippen LogP contribution in [0, 0.1) is 6.92 Å². The molecule has 0 bridgehead atoms. The molecule has 0 spiro atoms. The molecule has 0 radical (unpaired) electrons. The fraction of sp³-hybridized carbons (Fsp3) is 0.333. The standard InChI is InChI=1S/C18H23ClN4O/c1-13-5-4-6-16(21-13)11-20-18(24)22-17(12-23(2)3)14-7-9-15(19)10-8-14/h4-10,17H,11-12H2,1-3H3,(H2,20,22,24)/t17-/m0/s1. The number of carbonyl (C=O) groups excluding carboxylic acids is 1. The molecule has 2 aromatic rings. The van der Waals surface area contributed by atoms with Gasteiger partial charge in [0.2, 0.25) is 0 Å². The zero-order valence-electron chi connectivity index (χ0n) is 14.2. The van der Waals surface area contributed by atoms with Crippen LogP contribution in [0.5, 0.6) is 0 Å². The minimum atomic E-state index is -0.222. The molecule has 24 heavy (non-hydrogen) atoms. The van der Waals surface area contributed by atoms with Gasteiger partial charge in [0.25, 0.3) is 0 Å². The van der Waals surface area contributed by atoms with Gasteiger partial charge in [0.1, 0.15) is 0 Å². The van der Waals surface area contributed by atoms with Crippen molar-refractivity contribution < 1.29 is 4.79 Å². The lowest BCUT2D eigenvalue weighted by Crippen LogP contribution is -2.41. The minimum Gasteiger partial charge on any atom is -0.332 e. The van der Waals surface area contributed by atoms with Crippen LogP contribution < -0.4 is 10.6 Å². The van der Waals surface area contributed by atoms with E-state index >= 15 is 0 Å². The Bertz CT molecular complexity index is 673. The van der Waals surface area contributed by atoms with Gasteiger partial charge < -0.3 is 15.5 Å². The van der Waals surface area contributed by atoms with E-state index < -0.39 is 0 Å². The van der Waals surface area contributed by atoms with Crippen molar-refractivity contribution >= 4 is 17.6 Å². The number of likely N-dealkylation sites (N-methyl/N-ethyl adjacent to an activating group) is 1. The summed E-state index contributed by atoms with van der Waals surface area (Å²) in [6, 6.07) is 12.9. The van der Waals surface area contributed by atoms with Crippen molar-refractivity contribution in [1.82, 2.24) is 20.5 Å². The highest BCUT2D eigenvalue weighted by molar-refractivity contribution is 6.30. The van der Waals surface area contributed by atoms with Crippen molar-refractivity contribution in [1.29, 1.82) is 0 Å². The molecule has 0 fully saturated rings. The largest absolute Gasteiger partial charge is 0.332 e. The predicted molar refractivity (Wildman–Crippen MR) is 97.1 cm³/mol. The molecular weight excluding hydrogens is 324 g/mol. The fourth-order valence-corrected chi connectivity index (χ4v) is 2.50. The molecule has 2 N–H and O–H groups in total. The number of hydrogen-bond donors (Lipinski definition) is 2. The first kappa shape index (κ1) is 18.2. The van der Waals surface area contributed by atoms with E-state index in [0.717, 1.165) is 17.0 Å². The van der Waals surface area contributed by atoms with E-state index in [9.17, 15) is 4.79 Å². The number of aryl methyl sites for hydroxylation is 1. The lowest BCUT2D eigenvalue weighted by molar-refractivity contribution is 0.232. The van der Waals surface area contributed by atoms with Crippen LogP contribution in [0.15, 0.2) is 42.5 Å². The lowest BCUT2D eigenvalue weighted by atomic mass is 10.1. The number of halogens is 1. The van der Waals surface area contributed by atoms with Gasteiger partial charge in [0.15, 0.2) is 0 Å². The van der Waals surface area contributed by atoms with Gasteiger partial charge in [-0.3, -0.25) is 4.98 Å². The van der Waals surface area contributed by atoms with Gasteiger partial charge in [0.05, 0.1) is 18.3 Å². The average molecular weight is 347 g/mol. The van der Waals surface area contributed by atoms with Gasteiger partial charge in [-0.2, -0.15) is 0 Å². The Balaban J connectivity index is 1.97. The molecule has 2 amide bonds. The zero-order chi connectivity index (χ0) is 17.5. The molecule has 1 aromatic carbocycles. The number of aromatic nitrogens is 1. The van der Waals surface area contributed by atoms with E-state index in [2.05, 4.69) is 15.6 Å². The molecule has 0 aliphatic carbocycles. The van der Waals surface area contributed by atoms with Crippen LogP contribution in [-0.2, 0) is 6.54 Å². The first-order valence-electron chi connectivity index (χ1n) is 7.81. The molecule has 5 nitrogen and oxygen atoms in total. The van der Waals surface area contributed by atoms with Gasteiger partial charge >= 0.3 is 6.03 Å². The second kappa shape index (κ2) is 8.66. The van der Waals surface area contributed by atoms with Gasteiger partial charge in [-0.1, -0.05) is 29.8 Å². The normalized spacial score (nSPS) is 12.0. The highest BCUT2D eigenvalue weighted by Gasteiger charge is 2.15. The molecule has 0 unspecified atom stereocenters. The number of hydrogen-bond acceptors (Lipinski definition) is 3. The summed E-state index contributed by atoms with van der Waals surface area (Å²) in [5, 5.41) is 6.54. The maximum absolute atomic E-state index is 12.2. The molecule has 0 aliphatic rings. The van der Waals surface area contributed by atoms with E-state index in [1.165, 1.54) is 0 Å². The summed E-state index contributed by atoms with van der Waals surface area (Å²) in [5.74, 6) is 0. The maximum Gasteiger partial charge on any atom is 0.315 e. The number of nitrogens with zero attached hydrogens (tertiary/aromatic N) is 2. The van der Waals surface area contributed by atoms with Crippen LogP contribution in [0.2, 0.25) is 5.02 Å². The topological polar surface area (TPSA) is 57.3 Å². The number of carbonyl (C=O) groups is 1. The Morgan fingerprint density at radius 3 is 2.54 bits per heavy atom. The smallest absolute Gasteiger partial charge is 0.315 e. The Hall–Kier alpha value is -2.11. The SMILES string of the molecule is Cc1cccc(CNC(=O)N[C@@H](CN(C)C)c2ccc(Cl)cc2)n1. The number of nitrogens with one attached hydrogen (secondary N) is 2. The average Bonchev–Trinajstić information content (AvgIpc) is 2.53. The van der Waals surface area contributed by atoms with E-state index in [1.54, 1.807) is 0 Å². The van der Waals surface area contributed by atoms with Crippen LogP contribution in [-0.4, -0.2) is 36.6 Å². The van der Waals surface area contributed by atoms with Crippen molar-refractivity contribution in [3.8, 4) is 0 Å². The molecule has 1 aromatic heterocycles. The Labute approximate surface area is 148 Å². The molecular formula is C18H23ClN4O. The molecule has 1 atom stereocenters. The monoisotopic (exact) mass is 346 g/mol. The summed E-state index contributed by atoms with van der Waals surface area (Å²) < 4.78 is 0. The highest BCUT2D eigenvalue weighted by atomic mass is 35.5. The molecule has 6 heteroatoms. The third-order valence-corrected chi connectivity index (χ3v) is 3.75. The Morgan fingerprint density at radius 2 is 1.92 bits per heavy atom. The minimum absolute atomic E-state index is 0.122. The third-order valence-electron chi connectivity index (χ3n) is 3.50. The third kappa shape index (κ3) is 5.83. The van der Waals surface area contributed by atoms with Crippen molar-refractivity contribution in [2.75, 3.05) is 20.6 Å². The lowest BCUT2D eigenvalue weighted by Gasteiger charge is -2.23. The quantitative estimate of drug-likeness (QED) is 0.844. The van der Waals surface area contributed by atoms with Gasteiger partial charge in [0, 0.05) is 17.3 Å². The maximum atomic E-state index is 12.2. The van der Waals surface area contributed by atoms with E-state index in [4.69, 9.17) is 11.6 Å². The summed E-state index contributed by atoms with van der Waals surface area (Å²) >= 11 is 5.94. The Morgan fingerprint density at radius 1 is 1.21 bits per heavy atom. The summed E-state index contributed by atoms with van der Waals surface area (Å²) in [4.78, 5) is 18.6. The predicted octanol–water partition coefficient (Wildman–Crippen LogP) is 3.15. The van der Waals surface area contributed by atoms with Crippen molar-refractivity contribution in [3.05, 3.63) is 64.4 Å². The number of pyridine rings is 1. The fourth-order valence-electron chi connectivity index (χ4n) is 2.37. The Kier molecular flexibility index (Phi) is 6.58. The first-order chi connectivity index (χ1) is 11.4. The number of amides is 2. The number of rotatable bonds is 6. The second-order valence-corrected chi connectivity index (χ2v) is 6.40. The van der Waals surface area contributed by atoms with E-state index in [0.29, 0.717) is 18.1 Å². The molecule has 2 rings (SSSR count). The first-order valence-corrected chi connectivity index (χ1v) is 8.19.